The van der Waals surface area contributed by atoms with Gasteiger partial charge in [-0.3, -0.25) is 10.1 Å². The lowest BCUT2D eigenvalue weighted by Gasteiger charge is -2.48. The van der Waals surface area contributed by atoms with Crippen LogP contribution in [0, 0.1) is 5.92 Å². The third-order valence-electron chi connectivity index (χ3n) is 3.70. The number of hydrogen-bond acceptors (Lipinski definition) is 4. The highest BCUT2D eigenvalue weighted by molar-refractivity contribution is 8.00. The molecule has 1 spiro atoms. The van der Waals surface area contributed by atoms with Gasteiger partial charge in [-0.2, -0.15) is 0 Å². The van der Waals surface area contributed by atoms with Gasteiger partial charge in [0, 0.05) is 6.54 Å². The van der Waals surface area contributed by atoms with Gasteiger partial charge in [0.05, 0.1) is 4.87 Å². The van der Waals surface area contributed by atoms with Gasteiger partial charge >= 0.3 is 5.97 Å². The Bertz CT molecular complexity index is 271. The van der Waals surface area contributed by atoms with Gasteiger partial charge in [-0.15, -0.1) is 11.8 Å². The molecule has 2 rings (SSSR count). The van der Waals surface area contributed by atoms with Crippen molar-refractivity contribution in [3.63, 3.8) is 0 Å². The summed E-state index contributed by atoms with van der Waals surface area (Å²) in [5.74, 6) is 0.793. The number of piperidine rings is 1. The maximum Gasteiger partial charge on any atom is 0.320 e. The Labute approximate surface area is 101 Å². The lowest BCUT2D eigenvalue weighted by Crippen LogP contribution is -2.63. The summed E-state index contributed by atoms with van der Waals surface area (Å²) < 4.78 is 0. The molecule has 2 aliphatic heterocycles. The SMILES string of the molecule is CCC1CNCCC12NC(C(=O)O)CCS2. The first kappa shape index (κ1) is 12.2. The smallest absolute Gasteiger partial charge is 0.320 e. The molecule has 2 heterocycles. The number of carboxylic acids is 1. The molecular formula is C11H20N2O2S. The molecule has 0 aliphatic carbocycles. The molecule has 0 saturated carbocycles. The number of carbonyl (C=O) groups is 1. The Morgan fingerprint density at radius 2 is 2.44 bits per heavy atom. The van der Waals surface area contributed by atoms with Gasteiger partial charge in [0.1, 0.15) is 6.04 Å². The number of carboxylic acid groups (broad SMARTS) is 1. The lowest BCUT2D eigenvalue weighted by atomic mass is 9.89. The standard InChI is InChI=1S/C11H20N2O2S/c1-2-8-7-12-5-4-11(8)13-9(10(14)15)3-6-16-11/h8-9,12-13H,2-7H2,1H3,(H,14,15). The summed E-state index contributed by atoms with van der Waals surface area (Å²) in [6.07, 6.45) is 2.87. The second kappa shape index (κ2) is 4.94. The van der Waals surface area contributed by atoms with Gasteiger partial charge < -0.3 is 10.4 Å². The zero-order valence-corrected chi connectivity index (χ0v) is 10.5. The highest BCUT2D eigenvalue weighted by Crippen LogP contribution is 2.41. The van der Waals surface area contributed by atoms with Crippen LogP contribution in [0.5, 0.6) is 0 Å². The van der Waals surface area contributed by atoms with Crippen LogP contribution in [0.25, 0.3) is 0 Å². The van der Waals surface area contributed by atoms with Crippen molar-refractivity contribution in [3.05, 3.63) is 0 Å². The Hall–Kier alpha value is -0.260. The molecule has 5 heteroatoms. The van der Waals surface area contributed by atoms with Crippen LogP contribution in [-0.4, -0.2) is 40.8 Å². The van der Waals surface area contributed by atoms with Crippen molar-refractivity contribution in [1.82, 2.24) is 10.6 Å². The van der Waals surface area contributed by atoms with Gasteiger partial charge in [-0.25, -0.2) is 0 Å². The largest absolute Gasteiger partial charge is 0.480 e. The van der Waals surface area contributed by atoms with Gasteiger partial charge in [0.2, 0.25) is 0 Å². The van der Waals surface area contributed by atoms with Crippen LogP contribution >= 0.6 is 11.8 Å². The fraction of sp³-hybridized carbons (Fsp3) is 0.909. The number of thioether (sulfide) groups is 1. The second-order valence-electron chi connectivity index (χ2n) is 4.62. The molecule has 0 aromatic rings. The minimum atomic E-state index is -0.701. The molecule has 4 nitrogen and oxygen atoms in total. The zero-order chi connectivity index (χ0) is 11.6. The van der Waals surface area contributed by atoms with Crippen LogP contribution in [-0.2, 0) is 4.79 Å². The van der Waals surface area contributed by atoms with Crippen LogP contribution in [0.15, 0.2) is 0 Å². The maximum atomic E-state index is 11.1. The van der Waals surface area contributed by atoms with Crippen LogP contribution < -0.4 is 10.6 Å². The molecule has 0 amide bonds. The fourth-order valence-electron chi connectivity index (χ4n) is 2.73. The average Bonchev–Trinajstić information content (AvgIpc) is 2.30. The van der Waals surface area contributed by atoms with E-state index in [4.69, 9.17) is 5.11 Å². The fourth-order valence-corrected chi connectivity index (χ4v) is 4.40. The Kier molecular flexibility index (Phi) is 3.77. The second-order valence-corrected chi connectivity index (χ2v) is 6.05. The molecule has 16 heavy (non-hydrogen) atoms. The van der Waals surface area contributed by atoms with E-state index in [1.54, 1.807) is 0 Å². The van der Waals surface area contributed by atoms with Crippen LogP contribution in [0.3, 0.4) is 0 Å². The van der Waals surface area contributed by atoms with Crippen LogP contribution in [0.4, 0.5) is 0 Å². The van der Waals surface area contributed by atoms with E-state index in [2.05, 4.69) is 17.6 Å². The van der Waals surface area contributed by atoms with Gasteiger partial charge in [-0.1, -0.05) is 6.92 Å². The highest BCUT2D eigenvalue weighted by atomic mass is 32.2. The van der Waals surface area contributed by atoms with Crippen molar-refractivity contribution in [2.45, 2.75) is 37.1 Å². The molecule has 3 N–H and O–H groups in total. The number of nitrogens with one attached hydrogen (secondary N) is 2. The Morgan fingerprint density at radius 1 is 1.62 bits per heavy atom. The molecule has 92 valence electrons. The first-order chi connectivity index (χ1) is 7.68. The van der Waals surface area contributed by atoms with E-state index in [1.165, 1.54) is 0 Å². The normalized spacial score (nSPS) is 39.8. The predicted octanol–water partition coefficient (Wildman–Crippen LogP) is 0.882. The molecule has 0 radical (unpaired) electrons. The first-order valence-corrected chi connectivity index (χ1v) is 7.01. The molecule has 3 atom stereocenters. The third kappa shape index (κ3) is 2.21. The van der Waals surface area contributed by atoms with Crippen molar-refractivity contribution in [2.24, 2.45) is 5.92 Å². The molecule has 3 unspecified atom stereocenters. The molecule has 0 aromatic heterocycles. The molecule has 2 fully saturated rings. The summed E-state index contributed by atoms with van der Waals surface area (Å²) in [6, 6.07) is -0.353. The Morgan fingerprint density at radius 3 is 3.12 bits per heavy atom. The van der Waals surface area contributed by atoms with Crippen molar-refractivity contribution in [3.8, 4) is 0 Å². The quantitative estimate of drug-likeness (QED) is 0.673. The number of aliphatic carboxylic acids is 1. The van der Waals surface area contributed by atoms with Gasteiger partial charge in [0.25, 0.3) is 0 Å². The van der Waals surface area contributed by atoms with Crippen molar-refractivity contribution in [1.29, 1.82) is 0 Å². The van der Waals surface area contributed by atoms with E-state index in [0.717, 1.165) is 38.1 Å². The maximum absolute atomic E-state index is 11.1. The summed E-state index contributed by atoms with van der Waals surface area (Å²) in [7, 11) is 0. The summed E-state index contributed by atoms with van der Waals surface area (Å²) in [5.41, 5.74) is 0. The minimum absolute atomic E-state index is 0.00130. The summed E-state index contributed by atoms with van der Waals surface area (Å²) in [6.45, 7) is 4.18. The zero-order valence-electron chi connectivity index (χ0n) is 9.66. The molecule has 2 saturated heterocycles. The van der Waals surface area contributed by atoms with E-state index < -0.39 is 5.97 Å². The molecule has 0 bridgehead atoms. The number of hydrogen-bond donors (Lipinski definition) is 3. The van der Waals surface area contributed by atoms with Gasteiger partial charge in [0.15, 0.2) is 0 Å². The molecule has 0 aromatic carbocycles. The average molecular weight is 244 g/mol. The van der Waals surface area contributed by atoms with E-state index in [1.807, 2.05) is 11.8 Å². The first-order valence-electron chi connectivity index (χ1n) is 6.03. The summed E-state index contributed by atoms with van der Waals surface area (Å²) in [4.78, 5) is 11.1. The van der Waals surface area contributed by atoms with Crippen molar-refractivity contribution in [2.75, 3.05) is 18.8 Å². The number of rotatable bonds is 2. The molecule has 2 aliphatic rings. The van der Waals surface area contributed by atoms with E-state index in [0.29, 0.717) is 5.92 Å². The monoisotopic (exact) mass is 244 g/mol. The topological polar surface area (TPSA) is 61.4 Å². The summed E-state index contributed by atoms with van der Waals surface area (Å²) in [5, 5.41) is 15.9. The lowest BCUT2D eigenvalue weighted by molar-refractivity contribution is -0.140. The predicted molar refractivity (Wildman–Crippen MR) is 65.6 cm³/mol. The minimum Gasteiger partial charge on any atom is -0.480 e. The van der Waals surface area contributed by atoms with Crippen molar-refractivity contribution >= 4 is 17.7 Å². The van der Waals surface area contributed by atoms with Crippen LogP contribution in [0.1, 0.15) is 26.2 Å². The molecular weight excluding hydrogens is 224 g/mol. The van der Waals surface area contributed by atoms with E-state index >= 15 is 0 Å². The summed E-state index contributed by atoms with van der Waals surface area (Å²) >= 11 is 1.93. The third-order valence-corrected chi connectivity index (χ3v) is 5.31. The highest BCUT2D eigenvalue weighted by Gasteiger charge is 2.45. The van der Waals surface area contributed by atoms with E-state index in [-0.39, 0.29) is 10.9 Å². The Balaban J connectivity index is 2.12. The van der Waals surface area contributed by atoms with Gasteiger partial charge in [-0.05, 0) is 37.5 Å². The van der Waals surface area contributed by atoms with E-state index in [9.17, 15) is 4.79 Å². The van der Waals surface area contributed by atoms with Crippen molar-refractivity contribution < 1.29 is 9.90 Å². The van der Waals surface area contributed by atoms with Crippen LogP contribution in [0.2, 0.25) is 0 Å².